The van der Waals surface area contributed by atoms with Crippen LogP contribution in [0.1, 0.15) is 18.4 Å². The molecule has 0 spiro atoms. The van der Waals surface area contributed by atoms with E-state index in [4.69, 9.17) is 5.21 Å². The summed E-state index contributed by atoms with van der Waals surface area (Å²) in [6.45, 7) is 0.960. The zero-order valence-corrected chi connectivity index (χ0v) is 9.28. The molecule has 4 heteroatoms. The molecule has 88 valence electrons. The number of amides is 1. The van der Waals surface area contributed by atoms with Gasteiger partial charge in [-0.05, 0) is 31.4 Å². The molecule has 1 amide bonds. The van der Waals surface area contributed by atoms with Crippen molar-refractivity contribution in [3.63, 3.8) is 0 Å². The Morgan fingerprint density at radius 3 is 2.62 bits per heavy atom. The van der Waals surface area contributed by atoms with Crippen LogP contribution < -0.4 is 10.8 Å². The van der Waals surface area contributed by atoms with Gasteiger partial charge in [-0.1, -0.05) is 30.3 Å². The third kappa shape index (κ3) is 5.48. The van der Waals surface area contributed by atoms with Crippen molar-refractivity contribution in [1.29, 1.82) is 0 Å². The number of benzene rings is 1. The lowest BCUT2D eigenvalue weighted by atomic mass is 10.1. The molecule has 0 heterocycles. The Kier molecular flexibility index (Phi) is 6.22. The first-order valence-electron chi connectivity index (χ1n) is 5.50. The first-order valence-corrected chi connectivity index (χ1v) is 5.50. The van der Waals surface area contributed by atoms with Crippen LogP contribution in [0, 0.1) is 0 Å². The minimum atomic E-state index is -0.400. The summed E-state index contributed by atoms with van der Waals surface area (Å²) in [5, 5.41) is 11.2. The maximum absolute atomic E-state index is 10.6. The highest BCUT2D eigenvalue weighted by Gasteiger charge is 1.97. The average molecular weight is 222 g/mol. The van der Waals surface area contributed by atoms with E-state index in [0.717, 1.165) is 25.8 Å². The molecule has 0 saturated carbocycles. The minimum absolute atomic E-state index is 0.168. The van der Waals surface area contributed by atoms with Crippen molar-refractivity contribution in [1.82, 2.24) is 10.8 Å². The molecule has 0 fully saturated rings. The molecule has 0 unspecified atom stereocenters. The largest absolute Gasteiger partial charge is 0.308 e. The molecule has 1 aromatic rings. The molecule has 0 aliphatic carbocycles. The predicted octanol–water partition coefficient (Wildman–Crippen LogP) is 1.10. The van der Waals surface area contributed by atoms with E-state index in [0.29, 0.717) is 0 Å². The fourth-order valence-corrected chi connectivity index (χ4v) is 1.47. The number of carbonyl (C=O) groups is 1. The zero-order valence-electron chi connectivity index (χ0n) is 9.28. The van der Waals surface area contributed by atoms with Gasteiger partial charge in [-0.3, -0.25) is 10.0 Å². The van der Waals surface area contributed by atoms with Gasteiger partial charge in [-0.2, -0.15) is 0 Å². The summed E-state index contributed by atoms with van der Waals surface area (Å²) in [7, 11) is 0. The molecule has 0 aliphatic heterocycles. The number of nitrogens with one attached hydrogen (secondary N) is 2. The molecule has 0 bridgehead atoms. The van der Waals surface area contributed by atoms with E-state index in [2.05, 4.69) is 17.4 Å². The fraction of sp³-hybridized carbons (Fsp3) is 0.417. The normalized spacial score (nSPS) is 10.1. The summed E-state index contributed by atoms with van der Waals surface area (Å²) < 4.78 is 0. The van der Waals surface area contributed by atoms with Crippen molar-refractivity contribution in [3.05, 3.63) is 35.9 Å². The quantitative estimate of drug-likeness (QED) is 0.368. The molecule has 0 atom stereocenters. The van der Waals surface area contributed by atoms with Crippen LogP contribution in [0.15, 0.2) is 30.3 Å². The standard InChI is InChI=1S/C12H18N2O2/c15-12(14-16)10-13-9-5-4-8-11-6-2-1-3-7-11/h1-3,6-7,13,16H,4-5,8-10H2,(H,14,15). The third-order valence-electron chi connectivity index (χ3n) is 2.32. The number of rotatable bonds is 7. The van der Waals surface area contributed by atoms with E-state index in [1.165, 1.54) is 5.56 Å². The second-order valence-corrected chi connectivity index (χ2v) is 3.65. The van der Waals surface area contributed by atoms with Gasteiger partial charge >= 0.3 is 0 Å². The van der Waals surface area contributed by atoms with Gasteiger partial charge in [0.15, 0.2) is 0 Å². The lowest BCUT2D eigenvalue weighted by Gasteiger charge is -2.03. The lowest BCUT2D eigenvalue weighted by Crippen LogP contribution is -2.32. The number of carbonyl (C=O) groups excluding carboxylic acids is 1. The van der Waals surface area contributed by atoms with Crippen molar-refractivity contribution in [3.8, 4) is 0 Å². The molecule has 0 aromatic heterocycles. The van der Waals surface area contributed by atoms with Crippen LogP contribution in [0.25, 0.3) is 0 Å². The Labute approximate surface area is 95.6 Å². The molecule has 3 N–H and O–H groups in total. The van der Waals surface area contributed by atoms with Crippen LogP contribution in [-0.4, -0.2) is 24.2 Å². The number of unbranched alkanes of at least 4 members (excludes halogenated alkanes) is 1. The zero-order chi connectivity index (χ0) is 11.6. The second kappa shape index (κ2) is 7.84. The predicted molar refractivity (Wildman–Crippen MR) is 62.2 cm³/mol. The molecular formula is C12H18N2O2. The number of hydroxylamine groups is 1. The average Bonchev–Trinajstić information content (AvgIpc) is 2.34. The van der Waals surface area contributed by atoms with Gasteiger partial charge in [0.1, 0.15) is 0 Å². The Morgan fingerprint density at radius 2 is 1.94 bits per heavy atom. The first-order chi connectivity index (χ1) is 7.83. The van der Waals surface area contributed by atoms with E-state index in [9.17, 15) is 4.79 Å². The number of aryl methyl sites for hydroxylation is 1. The summed E-state index contributed by atoms with van der Waals surface area (Å²) in [6.07, 6.45) is 3.18. The Balaban J connectivity index is 1.98. The summed E-state index contributed by atoms with van der Waals surface area (Å²) >= 11 is 0. The van der Waals surface area contributed by atoms with Gasteiger partial charge in [-0.25, -0.2) is 5.48 Å². The summed E-state index contributed by atoms with van der Waals surface area (Å²) in [4.78, 5) is 10.6. The fourth-order valence-electron chi connectivity index (χ4n) is 1.47. The molecule has 4 nitrogen and oxygen atoms in total. The highest BCUT2D eigenvalue weighted by Crippen LogP contribution is 2.03. The van der Waals surface area contributed by atoms with Crippen LogP contribution >= 0.6 is 0 Å². The van der Waals surface area contributed by atoms with Gasteiger partial charge in [0.2, 0.25) is 0 Å². The van der Waals surface area contributed by atoms with Gasteiger partial charge in [-0.15, -0.1) is 0 Å². The highest BCUT2D eigenvalue weighted by atomic mass is 16.5. The van der Waals surface area contributed by atoms with E-state index < -0.39 is 5.91 Å². The second-order valence-electron chi connectivity index (χ2n) is 3.65. The monoisotopic (exact) mass is 222 g/mol. The van der Waals surface area contributed by atoms with Crippen LogP contribution in [0.4, 0.5) is 0 Å². The molecule has 1 aromatic carbocycles. The Bertz CT molecular complexity index is 301. The van der Waals surface area contributed by atoms with Crippen LogP contribution in [-0.2, 0) is 11.2 Å². The van der Waals surface area contributed by atoms with E-state index in [1.807, 2.05) is 18.2 Å². The smallest absolute Gasteiger partial charge is 0.257 e. The molecular weight excluding hydrogens is 204 g/mol. The van der Waals surface area contributed by atoms with E-state index in [1.54, 1.807) is 5.48 Å². The van der Waals surface area contributed by atoms with Gasteiger partial charge < -0.3 is 5.32 Å². The molecule has 0 radical (unpaired) electrons. The third-order valence-corrected chi connectivity index (χ3v) is 2.32. The van der Waals surface area contributed by atoms with Crippen molar-refractivity contribution < 1.29 is 10.0 Å². The van der Waals surface area contributed by atoms with Crippen LogP contribution in [0.2, 0.25) is 0 Å². The van der Waals surface area contributed by atoms with E-state index in [-0.39, 0.29) is 6.54 Å². The molecule has 1 rings (SSSR count). The maximum atomic E-state index is 10.6. The first kappa shape index (κ1) is 12.7. The van der Waals surface area contributed by atoms with Gasteiger partial charge in [0.05, 0.1) is 6.54 Å². The van der Waals surface area contributed by atoms with Crippen molar-refractivity contribution >= 4 is 5.91 Å². The van der Waals surface area contributed by atoms with Gasteiger partial charge in [0, 0.05) is 0 Å². The lowest BCUT2D eigenvalue weighted by molar-refractivity contribution is -0.128. The van der Waals surface area contributed by atoms with E-state index >= 15 is 0 Å². The van der Waals surface area contributed by atoms with Crippen molar-refractivity contribution in [2.75, 3.05) is 13.1 Å². The maximum Gasteiger partial charge on any atom is 0.257 e. The molecule has 0 aliphatic rings. The highest BCUT2D eigenvalue weighted by molar-refractivity contribution is 5.76. The number of hydrogen-bond donors (Lipinski definition) is 3. The molecule has 16 heavy (non-hydrogen) atoms. The van der Waals surface area contributed by atoms with Crippen molar-refractivity contribution in [2.24, 2.45) is 0 Å². The van der Waals surface area contributed by atoms with Crippen molar-refractivity contribution in [2.45, 2.75) is 19.3 Å². The minimum Gasteiger partial charge on any atom is -0.308 e. The summed E-state index contributed by atoms with van der Waals surface area (Å²) in [5.41, 5.74) is 2.92. The van der Waals surface area contributed by atoms with Crippen LogP contribution in [0.5, 0.6) is 0 Å². The summed E-state index contributed by atoms with van der Waals surface area (Å²) in [5.74, 6) is -0.400. The molecule has 0 saturated heterocycles. The number of hydrogen-bond acceptors (Lipinski definition) is 3. The topological polar surface area (TPSA) is 61.4 Å². The Hall–Kier alpha value is -1.39. The summed E-state index contributed by atoms with van der Waals surface area (Å²) in [6, 6.07) is 10.3. The Morgan fingerprint density at radius 1 is 1.19 bits per heavy atom. The SMILES string of the molecule is O=C(CNCCCCc1ccccc1)NO. The van der Waals surface area contributed by atoms with Crippen LogP contribution in [0.3, 0.4) is 0 Å². The van der Waals surface area contributed by atoms with Gasteiger partial charge in [0.25, 0.3) is 5.91 Å².